The molecule has 0 aliphatic carbocycles. The van der Waals surface area contributed by atoms with E-state index in [-0.39, 0.29) is 11.7 Å². The van der Waals surface area contributed by atoms with Gasteiger partial charge in [-0.2, -0.15) is 20.1 Å². The fourth-order valence-electron chi connectivity index (χ4n) is 2.63. The first-order chi connectivity index (χ1) is 15.2. The van der Waals surface area contributed by atoms with Gasteiger partial charge in [0.05, 0.1) is 6.21 Å². The highest BCUT2D eigenvalue weighted by Gasteiger charge is 2.07. The third-order valence-corrected chi connectivity index (χ3v) is 4.29. The molecule has 0 spiro atoms. The van der Waals surface area contributed by atoms with Gasteiger partial charge in [-0.15, -0.1) is 0 Å². The Morgan fingerprint density at radius 3 is 1.87 bits per heavy atom. The van der Waals surface area contributed by atoms with Crippen molar-refractivity contribution in [1.82, 2.24) is 15.0 Å². The summed E-state index contributed by atoms with van der Waals surface area (Å²) in [6.07, 6.45) is 1.43. The van der Waals surface area contributed by atoms with E-state index in [0.717, 1.165) is 11.4 Å². The van der Waals surface area contributed by atoms with Crippen LogP contribution in [0.5, 0.6) is 5.75 Å². The maximum Gasteiger partial charge on any atom is 0.250 e. The summed E-state index contributed by atoms with van der Waals surface area (Å²) in [6, 6.07) is 23.8. The number of halogens is 1. The smallest absolute Gasteiger partial charge is 0.250 e. The van der Waals surface area contributed by atoms with Gasteiger partial charge < -0.3 is 15.7 Å². The van der Waals surface area contributed by atoms with E-state index in [9.17, 15) is 5.11 Å². The van der Waals surface area contributed by atoms with E-state index in [1.54, 1.807) is 12.1 Å². The molecule has 0 radical (unpaired) electrons. The summed E-state index contributed by atoms with van der Waals surface area (Å²) in [7, 11) is 0. The minimum atomic E-state index is 0.0588. The van der Waals surface area contributed by atoms with Crippen molar-refractivity contribution in [2.24, 2.45) is 5.10 Å². The molecular weight excluding hydrogens is 414 g/mol. The lowest BCUT2D eigenvalue weighted by Crippen LogP contribution is -2.07. The molecule has 4 aromatic rings. The minimum Gasteiger partial charge on any atom is -0.507 e. The topological polar surface area (TPSA) is 107 Å². The molecule has 0 aliphatic heterocycles. The Balaban J connectivity index is 1.59. The van der Waals surface area contributed by atoms with Crippen LogP contribution < -0.4 is 16.1 Å². The summed E-state index contributed by atoms with van der Waals surface area (Å²) < 4.78 is 0. The second-order valence-corrected chi connectivity index (χ2v) is 6.80. The molecule has 4 N–H and O–H groups in total. The molecule has 1 heterocycles. The molecule has 1 aromatic heterocycles. The third kappa shape index (κ3) is 5.68. The van der Waals surface area contributed by atoms with Crippen molar-refractivity contribution < 1.29 is 5.11 Å². The number of anilines is 5. The number of phenolic OH excluding ortho intramolecular Hbond substituents is 1. The Labute approximate surface area is 183 Å². The van der Waals surface area contributed by atoms with Gasteiger partial charge in [0.25, 0.3) is 0 Å². The lowest BCUT2D eigenvalue weighted by Gasteiger charge is -2.10. The molecule has 154 valence electrons. The van der Waals surface area contributed by atoms with Crippen LogP contribution in [0.3, 0.4) is 0 Å². The van der Waals surface area contributed by atoms with Gasteiger partial charge in [-0.3, -0.25) is 0 Å². The van der Waals surface area contributed by atoms with Crippen LogP contribution >= 0.6 is 11.6 Å². The van der Waals surface area contributed by atoms with Crippen molar-refractivity contribution >= 4 is 47.0 Å². The molecule has 0 unspecified atom stereocenters. The monoisotopic (exact) mass is 431 g/mol. The average molecular weight is 432 g/mol. The molecule has 0 atom stereocenters. The van der Waals surface area contributed by atoms with Gasteiger partial charge in [0, 0.05) is 22.0 Å². The fraction of sp³-hybridized carbons (Fsp3) is 0. The van der Waals surface area contributed by atoms with Crippen LogP contribution in [0.2, 0.25) is 5.02 Å². The molecule has 0 aliphatic rings. The zero-order chi connectivity index (χ0) is 21.5. The molecule has 0 bridgehead atoms. The molecule has 0 amide bonds. The third-order valence-electron chi connectivity index (χ3n) is 4.05. The molecule has 3 aromatic carbocycles. The summed E-state index contributed by atoms with van der Waals surface area (Å²) in [5.41, 5.74) is 4.89. The highest BCUT2D eigenvalue weighted by molar-refractivity contribution is 6.30. The lowest BCUT2D eigenvalue weighted by atomic mass is 10.2. The highest BCUT2D eigenvalue weighted by Crippen LogP contribution is 2.20. The number of benzene rings is 3. The summed E-state index contributed by atoms with van der Waals surface area (Å²) in [6.45, 7) is 0. The zero-order valence-electron chi connectivity index (χ0n) is 16.2. The quantitative estimate of drug-likeness (QED) is 0.236. The van der Waals surface area contributed by atoms with E-state index in [1.165, 1.54) is 12.3 Å². The van der Waals surface area contributed by atoms with Gasteiger partial charge >= 0.3 is 0 Å². The van der Waals surface area contributed by atoms with Crippen molar-refractivity contribution in [1.29, 1.82) is 0 Å². The lowest BCUT2D eigenvalue weighted by molar-refractivity contribution is 0.474. The number of aromatic hydroxyl groups is 1. The number of hydrogen-bond acceptors (Lipinski definition) is 8. The molecule has 9 heteroatoms. The Morgan fingerprint density at radius 1 is 0.742 bits per heavy atom. The zero-order valence-corrected chi connectivity index (χ0v) is 17.0. The second kappa shape index (κ2) is 9.55. The van der Waals surface area contributed by atoms with Crippen LogP contribution in [0.25, 0.3) is 0 Å². The van der Waals surface area contributed by atoms with Crippen LogP contribution in [-0.4, -0.2) is 26.3 Å². The first-order valence-electron chi connectivity index (χ1n) is 9.33. The van der Waals surface area contributed by atoms with Gasteiger partial charge in [0.1, 0.15) is 5.75 Å². The number of phenols is 1. The number of aromatic nitrogens is 3. The van der Waals surface area contributed by atoms with E-state index in [0.29, 0.717) is 22.5 Å². The van der Waals surface area contributed by atoms with Crippen molar-refractivity contribution in [3.8, 4) is 5.75 Å². The minimum absolute atomic E-state index is 0.0588. The summed E-state index contributed by atoms with van der Waals surface area (Å²) in [4.78, 5) is 13.1. The molecule has 8 nitrogen and oxygen atoms in total. The molecule has 31 heavy (non-hydrogen) atoms. The predicted octanol–water partition coefficient (Wildman–Crippen LogP) is 5.16. The van der Waals surface area contributed by atoms with E-state index in [2.05, 4.69) is 36.1 Å². The van der Waals surface area contributed by atoms with E-state index < -0.39 is 0 Å². The maximum atomic E-state index is 9.91. The number of hydrogen-bond donors (Lipinski definition) is 4. The highest BCUT2D eigenvalue weighted by atomic mass is 35.5. The van der Waals surface area contributed by atoms with Crippen molar-refractivity contribution in [3.63, 3.8) is 0 Å². The van der Waals surface area contributed by atoms with Crippen LogP contribution in [0, 0.1) is 0 Å². The molecule has 0 fully saturated rings. The molecular formula is C22H18ClN7O. The number of para-hydroxylation sites is 2. The number of hydrazone groups is 1. The van der Waals surface area contributed by atoms with Crippen LogP contribution in [0.4, 0.5) is 29.2 Å². The Bertz CT molecular complexity index is 1130. The number of rotatable bonds is 7. The summed E-state index contributed by atoms with van der Waals surface area (Å²) >= 11 is 5.97. The van der Waals surface area contributed by atoms with Gasteiger partial charge in [-0.05, 0) is 42.5 Å². The Morgan fingerprint density at radius 2 is 1.29 bits per heavy atom. The van der Waals surface area contributed by atoms with Gasteiger partial charge in [0.2, 0.25) is 17.8 Å². The SMILES string of the molecule is Oc1ccc(Cl)cc1C=NNc1nc(Nc2ccccc2)nc(Nc2ccccc2)n1. The van der Waals surface area contributed by atoms with Crippen molar-refractivity contribution in [3.05, 3.63) is 89.4 Å². The van der Waals surface area contributed by atoms with E-state index >= 15 is 0 Å². The number of nitrogens with one attached hydrogen (secondary N) is 3. The van der Waals surface area contributed by atoms with Crippen molar-refractivity contribution in [2.75, 3.05) is 16.1 Å². The fourth-order valence-corrected chi connectivity index (χ4v) is 2.81. The predicted molar refractivity (Wildman–Crippen MR) is 124 cm³/mol. The maximum absolute atomic E-state index is 9.91. The molecule has 0 saturated heterocycles. The van der Waals surface area contributed by atoms with Crippen LogP contribution in [-0.2, 0) is 0 Å². The largest absolute Gasteiger partial charge is 0.507 e. The Hall–Kier alpha value is -4.17. The molecule has 4 rings (SSSR count). The van der Waals surface area contributed by atoms with E-state index in [1.807, 2.05) is 60.7 Å². The van der Waals surface area contributed by atoms with Crippen LogP contribution in [0.15, 0.2) is 84.0 Å². The Kier molecular flexibility index (Phi) is 6.20. The second-order valence-electron chi connectivity index (χ2n) is 6.36. The van der Waals surface area contributed by atoms with Crippen LogP contribution in [0.1, 0.15) is 5.56 Å². The van der Waals surface area contributed by atoms with Gasteiger partial charge in [-0.25, -0.2) is 5.43 Å². The van der Waals surface area contributed by atoms with Gasteiger partial charge in [0.15, 0.2) is 0 Å². The van der Waals surface area contributed by atoms with Crippen molar-refractivity contribution in [2.45, 2.75) is 0 Å². The first-order valence-corrected chi connectivity index (χ1v) is 9.71. The first kappa shape index (κ1) is 20.1. The summed E-state index contributed by atoms with van der Waals surface area (Å²) in [5, 5.41) is 20.8. The van der Waals surface area contributed by atoms with E-state index in [4.69, 9.17) is 11.6 Å². The standard InChI is InChI=1S/C22H18ClN7O/c23-16-11-12-19(31)15(13-16)14-24-30-22-28-20(25-17-7-3-1-4-8-17)27-21(29-22)26-18-9-5-2-6-10-18/h1-14,31H,(H3,25,26,27,28,29,30). The van der Waals surface area contributed by atoms with Gasteiger partial charge in [-0.1, -0.05) is 48.0 Å². The number of nitrogens with zero attached hydrogens (tertiary/aromatic N) is 4. The summed E-state index contributed by atoms with van der Waals surface area (Å²) in [5.74, 6) is 0.943. The average Bonchev–Trinajstić information content (AvgIpc) is 2.77. The molecule has 0 saturated carbocycles. The normalized spacial score (nSPS) is 10.7.